The highest BCUT2D eigenvalue weighted by Gasteiger charge is 2.00. The molecule has 0 saturated carbocycles. The Kier molecular flexibility index (Phi) is 5.50. The first kappa shape index (κ1) is 12.9. The Bertz CT molecular complexity index is 315. The van der Waals surface area contributed by atoms with Crippen LogP contribution in [0.3, 0.4) is 0 Å². The molecule has 0 fully saturated rings. The van der Waals surface area contributed by atoms with Crippen molar-refractivity contribution in [1.29, 1.82) is 0 Å². The van der Waals surface area contributed by atoms with Crippen molar-refractivity contribution in [1.82, 2.24) is 4.90 Å². The maximum atomic E-state index is 5.68. The van der Waals surface area contributed by atoms with Gasteiger partial charge in [0.15, 0.2) is 0 Å². The highest BCUT2D eigenvalue weighted by Crippen LogP contribution is 2.23. The van der Waals surface area contributed by atoms with Gasteiger partial charge in [-0.05, 0) is 31.8 Å². The van der Waals surface area contributed by atoms with Gasteiger partial charge >= 0.3 is 0 Å². The lowest BCUT2D eigenvalue weighted by Crippen LogP contribution is -2.14. The number of benzene rings is 1. The third-order valence-electron chi connectivity index (χ3n) is 2.02. The third kappa shape index (κ3) is 4.91. The van der Waals surface area contributed by atoms with Crippen LogP contribution >= 0.6 is 27.7 Å². The van der Waals surface area contributed by atoms with Crippen LogP contribution in [-0.4, -0.2) is 31.3 Å². The molecule has 1 rings (SSSR count). The molecule has 2 N–H and O–H groups in total. The van der Waals surface area contributed by atoms with Crippen molar-refractivity contribution < 1.29 is 0 Å². The molecule has 2 nitrogen and oxygen atoms in total. The van der Waals surface area contributed by atoms with Crippen LogP contribution in [0.4, 0.5) is 5.69 Å². The van der Waals surface area contributed by atoms with Gasteiger partial charge in [-0.2, -0.15) is 11.8 Å². The quantitative estimate of drug-likeness (QED) is 0.667. The molecule has 15 heavy (non-hydrogen) atoms. The van der Waals surface area contributed by atoms with E-state index in [0.29, 0.717) is 0 Å². The van der Waals surface area contributed by atoms with Gasteiger partial charge in [-0.3, -0.25) is 0 Å². The molecule has 4 heteroatoms. The van der Waals surface area contributed by atoms with Gasteiger partial charge in [0.25, 0.3) is 0 Å². The Morgan fingerprint density at radius 1 is 1.40 bits per heavy atom. The number of thioether (sulfide) groups is 1. The van der Waals surface area contributed by atoms with Crippen LogP contribution < -0.4 is 5.73 Å². The summed E-state index contributed by atoms with van der Waals surface area (Å²) in [5.74, 6) is 2.19. The fourth-order valence-electron chi connectivity index (χ4n) is 1.11. The van der Waals surface area contributed by atoms with Gasteiger partial charge in [-0.15, -0.1) is 0 Å². The molecule has 0 radical (unpaired) electrons. The number of halogens is 1. The van der Waals surface area contributed by atoms with Crippen LogP contribution in [0.15, 0.2) is 22.7 Å². The standard InChI is InChI=1S/C11H17BrN2S/c1-14(2)5-6-15-8-9-3-4-10(13)7-11(9)12/h3-4,7H,5-6,8,13H2,1-2H3. The predicted octanol–water partition coefficient (Wildman–Crippen LogP) is 2.83. The third-order valence-corrected chi connectivity index (χ3v) is 3.74. The fourth-order valence-corrected chi connectivity index (χ4v) is 2.94. The fraction of sp³-hybridized carbons (Fsp3) is 0.455. The van der Waals surface area contributed by atoms with E-state index in [2.05, 4.69) is 41.0 Å². The normalized spacial score (nSPS) is 10.9. The lowest BCUT2D eigenvalue weighted by Gasteiger charge is -2.09. The predicted molar refractivity (Wildman–Crippen MR) is 73.3 cm³/mol. The second-order valence-electron chi connectivity index (χ2n) is 3.71. The van der Waals surface area contributed by atoms with Crippen LogP contribution in [-0.2, 0) is 5.75 Å². The van der Waals surface area contributed by atoms with E-state index < -0.39 is 0 Å². The van der Waals surface area contributed by atoms with Crippen molar-refractivity contribution >= 4 is 33.4 Å². The average Bonchev–Trinajstić information content (AvgIpc) is 2.14. The second-order valence-corrected chi connectivity index (χ2v) is 5.67. The van der Waals surface area contributed by atoms with E-state index in [9.17, 15) is 0 Å². The first-order valence-corrected chi connectivity index (χ1v) is 6.80. The van der Waals surface area contributed by atoms with Gasteiger partial charge in [0, 0.05) is 28.2 Å². The number of nitrogens with zero attached hydrogens (tertiary/aromatic N) is 1. The Balaban J connectivity index is 2.37. The van der Waals surface area contributed by atoms with Gasteiger partial charge in [0.05, 0.1) is 0 Å². The maximum absolute atomic E-state index is 5.68. The van der Waals surface area contributed by atoms with Gasteiger partial charge in [-0.1, -0.05) is 22.0 Å². The van der Waals surface area contributed by atoms with Crippen molar-refractivity contribution in [3.63, 3.8) is 0 Å². The molecule has 0 aliphatic rings. The van der Waals surface area contributed by atoms with Crippen molar-refractivity contribution in [3.05, 3.63) is 28.2 Å². The van der Waals surface area contributed by atoms with E-state index in [4.69, 9.17) is 5.73 Å². The molecular formula is C11H17BrN2S. The van der Waals surface area contributed by atoms with Crippen LogP contribution in [0.5, 0.6) is 0 Å². The number of nitrogens with two attached hydrogens (primary N) is 1. The number of nitrogen functional groups attached to an aromatic ring is 1. The van der Waals surface area contributed by atoms with Crippen LogP contribution in [0.1, 0.15) is 5.56 Å². The molecule has 1 aromatic rings. The first-order valence-electron chi connectivity index (χ1n) is 4.86. The smallest absolute Gasteiger partial charge is 0.0325 e. The molecule has 84 valence electrons. The number of hydrogen-bond donors (Lipinski definition) is 1. The molecular weight excluding hydrogens is 272 g/mol. The van der Waals surface area contributed by atoms with Gasteiger partial charge in [0.1, 0.15) is 0 Å². The number of hydrogen-bond acceptors (Lipinski definition) is 3. The molecule has 0 bridgehead atoms. The van der Waals surface area contributed by atoms with E-state index in [-0.39, 0.29) is 0 Å². The van der Waals surface area contributed by atoms with Crippen molar-refractivity contribution in [2.75, 3.05) is 32.1 Å². The minimum Gasteiger partial charge on any atom is -0.399 e. The highest BCUT2D eigenvalue weighted by molar-refractivity contribution is 9.10. The molecule has 0 spiro atoms. The average molecular weight is 289 g/mol. The summed E-state index contributed by atoms with van der Waals surface area (Å²) in [6.45, 7) is 1.12. The number of anilines is 1. The minimum atomic E-state index is 0.809. The summed E-state index contributed by atoms with van der Waals surface area (Å²) in [6.07, 6.45) is 0. The zero-order valence-electron chi connectivity index (χ0n) is 9.16. The molecule has 0 heterocycles. The minimum absolute atomic E-state index is 0.809. The van der Waals surface area contributed by atoms with Crippen LogP contribution in [0, 0.1) is 0 Å². The molecule has 0 atom stereocenters. The van der Waals surface area contributed by atoms with E-state index in [1.54, 1.807) is 0 Å². The van der Waals surface area contributed by atoms with Gasteiger partial charge in [-0.25, -0.2) is 0 Å². The largest absolute Gasteiger partial charge is 0.399 e. The molecule has 0 aliphatic heterocycles. The molecule has 1 aromatic carbocycles. The zero-order chi connectivity index (χ0) is 11.3. The Hall–Kier alpha value is -0.190. The van der Waals surface area contributed by atoms with Crippen molar-refractivity contribution in [2.24, 2.45) is 0 Å². The van der Waals surface area contributed by atoms with E-state index >= 15 is 0 Å². The number of rotatable bonds is 5. The van der Waals surface area contributed by atoms with Gasteiger partial charge in [0.2, 0.25) is 0 Å². The van der Waals surface area contributed by atoms with Crippen molar-refractivity contribution in [3.8, 4) is 0 Å². The summed E-state index contributed by atoms with van der Waals surface area (Å²) < 4.78 is 1.11. The van der Waals surface area contributed by atoms with Crippen LogP contribution in [0.25, 0.3) is 0 Å². The van der Waals surface area contributed by atoms with E-state index in [0.717, 1.165) is 28.2 Å². The summed E-state index contributed by atoms with van der Waals surface area (Å²) in [7, 11) is 4.19. The maximum Gasteiger partial charge on any atom is 0.0325 e. The summed E-state index contributed by atoms with van der Waals surface area (Å²) >= 11 is 5.47. The van der Waals surface area contributed by atoms with Gasteiger partial charge < -0.3 is 10.6 Å². The summed E-state index contributed by atoms with van der Waals surface area (Å²) in [6, 6.07) is 6.00. The molecule has 0 saturated heterocycles. The summed E-state index contributed by atoms with van der Waals surface area (Å²) in [4.78, 5) is 2.20. The SMILES string of the molecule is CN(C)CCSCc1ccc(N)cc1Br. The lowest BCUT2D eigenvalue weighted by molar-refractivity contribution is 0.437. The highest BCUT2D eigenvalue weighted by atomic mass is 79.9. The Morgan fingerprint density at radius 3 is 2.73 bits per heavy atom. The molecule has 0 amide bonds. The monoisotopic (exact) mass is 288 g/mol. The molecule has 0 aromatic heterocycles. The topological polar surface area (TPSA) is 29.3 Å². The Labute approximate surface area is 104 Å². The van der Waals surface area contributed by atoms with E-state index in [1.165, 1.54) is 5.56 Å². The van der Waals surface area contributed by atoms with Crippen LogP contribution in [0.2, 0.25) is 0 Å². The first-order chi connectivity index (χ1) is 7.09. The zero-order valence-corrected chi connectivity index (χ0v) is 11.6. The van der Waals surface area contributed by atoms with E-state index in [1.807, 2.05) is 23.9 Å². The summed E-state index contributed by atoms with van der Waals surface area (Å²) in [5, 5.41) is 0. The summed E-state index contributed by atoms with van der Waals surface area (Å²) in [5.41, 5.74) is 7.80. The second kappa shape index (κ2) is 6.40. The lowest BCUT2D eigenvalue weighted by atomic mass is 10.2. The molecule has 0 aliphatic carbocycles. The molecule has 0 unspecified atom stereocenters. The van der Waals surface area contributed by atoms with Crippen molar-refractivity contribution in [2.45, 2.75) is 5.75 Å². The Morgan fingerprint density at radius 2 is 2.13 bits per heavy atom.